The normalized spacial score (nSPS) is 35.4. The van der Waals surface area contributed by atoms with E-state index >= 15 is 0 Å². The summed E-state index contributed by atoms with van der Waals surface area (Å²) in [6, 6.07) is 6.66. The van der Waals surface area contributed by atoms with E-state index < -0.39 is 0 Å². The molecule has 154 valence electrons. The second-order valence-electron chi connectivity index (χ2n) is 9.48. The van der Waals surface area contributed by atoms with Crippen LogP contribution in [-0.4, -0.2) is 17.8 Å². The first-order valence-corrected chi connectivity index (χ1v) is 10.8. The van der Waals surface area contributed by atoms with Gasteiger partial charge in [-0.1, -0.05) is 30.4 Å². The Balaban J connectivity index is 1.30. The van der Waals surface area contributed by atoms with Crippen LogP contribution in [0.3, 0.4) is 0 Å². The second kappa shape index (κ2) is 7.48. The average Bonchev–Trinajstić information content (AvgIpc) is 2.88. The van der Waals surface area contributed by atoms with Gasteiger partial charge in [0.15, 0.2) is 0 Å². The van der Waals surface area contributed by atoms with Crippen molar-refractivity contribution >= 4 is 0 Å². The molecule has 0 aromatic heterocycles. The van der Waals surface area contributed by atoms with E-state index in [1.54, 1.807) is 18.2 Å². The lowest BCUT2D eigenvalue weighted by atomic mass is 9.52. The van der Waals surface area contributed by atoms with Gasteiger partial charge in [0.25, 0.3) is 0 Å². The number of halogens is 2. The molecule has 0 saturated heterocycles. The number of ether oxygens (including phenoxy) is 2. The molecule has 4 bridgehead atoms. The summed E-state index contributed by atoms with van der Waals surface area (Å²) in [5.74, 6) is 0.822. The molecule has 4 saturated carbocycles. The Morgan fingerprint density at radius 2 is 1.66 bits per heavy atom. The summed E-state index contributed by atoms with van der Waals surface area (Å²) in [5, 5.41) is 0. The highest BCUT2D eigenvalue weighted by Gasteiger charge is 2.59. The minimum atomic E-state index is -0.224. The predicted molar refractivity (Wildman–Crippen MR) is 108 cm³/mol. The van der Waals surface area contributed by atoms with Crippen LogP contribution >= 0.6 is 0 Å². The van der Waals surface area contributed by atoms with Crippen LogP contribution < -0.4 is 0 Å². The first-order chi connectivity index (χ1) is 14.0. The minimum Gasteiger partial charge on any atom is -0.370 e. The van der Waals surface area contributed by atoms with E-state index in [0.29, 0.717) is 31.5 Å². The first kappa shape index (κ1) is 19.2. The third-order valence-corrected chi connectivity index (χ3v) is 7.13. The molecule has 6 rings (SSSR count). The van der Waals surface area contributed by atoms with Crippen LogP contribution in [0.2, 0.25) is 0 Å². The van der Waals surface area contributed by atoms with Crippen LogP contribution in [0.4, 0.5) is 8.78 Å². The van der Waals surface area contributed by atoms with Gasteiger partial charge in [-0.3, -0.25) is 0 Å². The Labute approximate surface area is 171 Å². The van der Waals surface area contributed by atoms with E-state index in [1.165, 1.54) is 18.6 Å². The third kappa shape index (κ3) is 3.97. The van der Waals surface area contributed by atoms with E-state index in [2.05, 4.69) is 0 Å². The quantitative estimate of drug-likeness (QED) is 0.569. The van der Waals surface area contributed by atoms with Gasteiger partial charge in [0.2, 0.25) is 0 Å². The van der Waals surface area contributed by atoms with Crippen LogP contribution in [-0.2, 0) is 16.1 Å². The number of rotatable bonds is 6. The molecule has 0 spiro atoms. The van der Waals surface area contributed by atoms with Gasteiger partial charge in [0, 0.05) is 6.42 Å². The SMILES string of the molecule is FC1=C(COC23CC4CC(C2)CC(OCc2cccc(F)c2)(C4)C3)CC=CC=C1. The van der Waals surface area contributed by atoms with Gasteiger partial charge < -0.3 is 9.47 Å². The average molecular weight is 398 g/mol. The van der Waals surface area contributed by atoms with Crippen LogP contribution in [0.25, 0.3) is 0 Å². The standard InChI is InChI=1S/C25H28F2O2/c26-22-7-4-5-18(10-22)15-28-24-11-19-9-20(12-24)14-25(13-19,17-24)29-16-21-6-2-1-3-8-23(21)27/h1-5,7-8,10,19-20H,6,9,11-17H2. The van der Waals surface area contributed by atoms with Crippen molar-refractivity contribution in [2.75, 3.05) is 6.61 Å². The molecule has 4 heteroatoms. The summed E-state index contributed by atoms with van der Waals surface area (Å²) >= 11 is 0. The molecular formula is C25H28F2O2. The Hall–Kier alpha value is -1.78. The van der Waals surface area contributed by atoms with Gasteiger partial charge in [-0.25, -0.2) is 8.78 Å². The molecule has 2 unspecified atom stereocenters. The molecule has 0 radical (unpaired) electrons. The predicted octanol–water partition coefficient (Wildman–Crippen LogP) is 6.19. The summed E-state index contributed by atoms with van der Waals surface area (Å²) in [7, 11) is 0. The molecule has 4 fully saturated rings. The first-order valence-electron chi connectivity index (χ1n) is 10.8. The van der Waals surface area contributed by atoms with Crippen molar-refractivity contribution in [2.45, 2.75) is 62.8 Å². The summed E-state index contributed by atoms with van der Waals surface area (Å²) in [6.07, 6.45) is 14.1. The molecule has 0 aliphatic heterocycles. The summed E-state index contributed by atoms with van der Waals surface area (Å²) in [4.78, 5) is 0. The van der Waals surface area contributed by atoms with Gasteiger partial charge in [-0.15, -0.1) is 0 Å². The molecule has 29 heavy (non-hydrogen) atoms. The van der Waals surface area contributed by atoms with E-state index in [-0.39, 0.29) is 22.8 Å². The van der Waals surface area contributed by atoms with Crippen molar-refractivity contribution in [3.8, 4) is 0 Å². The maximum Gasteiger partial charge on any atom is 0.125 e. The summed E-state index contributed by atoms with van der Waals surface area (Å²) in [6.45, 7) is 0.780. The molecule has 2 atom stereocenters. The number of hydrogen-bond acceptors (Lipinski definition) is 2. The second-order valence-corrected chi connectivity index (χ2v) is 9.48. The van der Waals surface area contributed by atoms with Crippen LogP contribution in [0.1, 0.15) is 50.5 Å². The topological polar surface area (TPSA) is 18.5 Å². The molecule has 0 N–H and O–H groups in total. The number of allylic oxidation sites excluding steroid dienone is 5. The van der Waals surface area contributed by atoms with Gasteiger partial charge in [-0.2, -0.15) is 0 Å². The molecule has 2 nitrogen and oxygen atoms in total. The fourth-order valence-electron chi connectivity index (χ4n) is 6.31. The van der Waals surface area contributed by atoms with Crippen molar-refractivity contribution < 1.29 is 18.3 Å². The van der Waals surface area contributed by atoms with Gasteiger partial charge in [-0.05, 0) is 79.7 Å². The highest BCUT2D eigenvalue weighted by atomic mass is 19.1. The Morgan fingerprint density at radius 3 is 2.38 bits per heavy atom. The molecule has 5 aliphatic rings. The highest BCUT2D eigenvalue weighted by Crippen LogP contribution is 2.60. The Bertz CT molecular complexity index is 855. The fraction of sp³-hybridized carbons (Fsp3) is 0.520. The molecule has 1 aromatic carbocycles. The van der Waals surface area contributed by atoms with Crippen LogP contribution in [0, 0.1) is 17.7 Å². The minimum absolute atomic E-state index is 0.170. The number of hydrogen-bond donors (Lipinski definition) is 0. The summed E-state index contributed by atoms with van der Waals surface area (Å²) < 4.78 is 40.8. The smallest absolute Gasteiger partial charge is 0.125 e. The van der Waals surface area contributed by atoms with Gasteiger partial charge >= 0.3 is 0 Å². The van der Waals surface area contributed by atoms with Gasteiger partial charge in [0.05, 0.1) is 24.4 Å². The van der Waals surface area contributed by atoms with E-state index in [0.717, 1.165) is 43.2 Å². The largest absolute Gasteiger partial charge is 0.370 e. The maximum absolute atomic E-state index is 14.3. The maximum atomic E-state index is 14.3. The molecule has 1 aromatic rings. The van der Waals surface area contributed by atoms with Crippen molar-refractivity contribution in [1.29, 1.82) is 0 Å². The third-order valence-electron chi connectivity index (χ3n) is 7.13. The number of benzene rings is 1. The molecule has 5 aliphatic carbocycles. The van der Waals surface area contributed by atoms with Crippen molar-refractivity contribution in [1.82, 2.24) is 0 Å². The zero-order valence-electron chi connectivity index (χ0n) is 16.7. The summed E-state index contributed by atoms with van der Waals surface area (Å²) in [5.41, 5.74) is 1.20. The fourth-order valence-corrected chi connectivity index (χ4v) is 6.31. The molecule has 0 heterocycles. The van der Waals surface area contributed by atoms with Gasteiger partial charge in [0.1, 0.15) is 11.6 Å². The zero-order valence-corrected chi connectivity index (χ0v) is 16.7. The van der Waals surface area contributed by atoms with Crippen molar-refractivity contribution in [3.63, 3.8) is 0 Å². The zero-order chi connectivity index (χ0) is 19.9. The van der Waals surface area contributed by atoms with E-state index in [9.17, 15) is 8.78 Å². The monoisotopic (exact) mass is 398 g/mol. The van der Waals surface area contributed by atoms with E-state index in [4.69, 9.17) is 9.47 Å². The highest BCUT2D eigenvalue weighted by molar-refractivity contribution is 5.28. The lowest BCUT2D eigenvalue weighted by Gasteiger charge is -2.61. The van der Waals surface area contributed by atoms with Crippen molar-refractivity contribution in [2.24, 2.45) is 11.8 Å². The van der Waals surface area contributed by atoms with Crippen LogP contribution in [0.15, 0.2) is 60.0 Å². The molecular weight excluding hydrogens is 370 g/mol. The van der Waals surface area contributed by atoms with Crippen LogP contribution in [0.5, 0.6) is 0 Å². The Morgan fingerprint density at radius 1 is 0.931 bits per heavy atom. The molecule has 0 amide bonds. The Kier molecular flexibility index (Phi) is 4.95. The lowest BCUT2D eigenvalue weighted by Crippen LogP contribution is -2.61. The van der Waals surface area contributed by atoms with E-state index in [1.807, 2.05) is 18.2 Å². The lowest BCUT2D eigenvalue weighted by molar-refractivity contribution is -0.238. The van der Waals surface area contributed by atoms with Crippen molar-refractivity contribution in [3.05, 3.63) is 71.4 Å².